The molecule has 0 aliphatic rings. The van der Waals surface area contributed by atoms with E-state index in [2.05, 4.69) is 4.98 Å². The van der Waals surface area contributed by atoms with Gasteiger partial charge in [-0.1, -0.05) is 17.7 Å². The summed E-state index contributed by atoms with van der Waals surface area (Å²) in [5.74, 6) is -0.961. The average molecular weight is 293 g/mol. The van der Waals surface area contributed by atoms with Gasteiger partial charge in [-0.25, -0.2) is 4.39 Å². The molecule has 0 saturated heterocycles. The Morgan fingerprint density at radius 3 is 2.80 bits per heavy atom. The van der Waals surface area contributed by atoms with Crippen LogP contribution in [0.4, 0.5) is 4.39 Å². The highest BCUT2D eigenvalue weighted by molar-refractivity contribution is 6.31. The zero-order chi connectivity index (χ0) is 14.5. The van der Waals surface area contributed by atoms with Gasteiger partial charge in [0.2, 0.25) is 0 Å². The fraction of sp³-hybridized carbons (Fsp3) is 0.200. The second-order valence-corrected chi connectivity index (χ2v) is 4.70. The van der Waals surface area contributed by atoms with Crippen LogP contribution in [-0.2, 0) is 6.54 Å². The monoisotopic (exact) mass is 292 g/mol. The molecule has 0 aliphatic carbocycles. The number of carbonyl (C=O) groups excluding carboxylic acids is 1. The van der Waals surface area contributed by atoms with Gasteiger partial charge in [-0.05, 0) is 37.3 Å². The lowest BCUT2D eigenvalue weighted by molar-refractivity contribution is 0.0746. The summed E-state index contributed by atoms with van der Waals surface area (Å²) in [4.78, 5) is 18.0. The molecule has 0 unspecified atom stereocenters. The van der Waals surface area contributed by atoms with Gasteiger partial charge < -0.3 is 4.90 Å². The maximum absolute atomic E-state index is 13.7. The summed E-state index contributed by atoms with van der Waals surface area (Å²) < 4.78 is 13.7. The molecule has 20 heavy (non-hydrogen) atoms. The normalized spacial score (nSPS) is 10.3. The summed E-state index contributed by atoms with van der Waals surface area (Å²) in [7, 11) is 0. The first-order chi connectivity index (χ1) is 9.61. The Labute approximate surface area is 122 Å². The molecule has 0 atom stereocenters. The van der Waals surface area contributed by atoms with Crippen LogP contribution in [0.3, 0.4) is 0 Å². The number of carbonyl (C=O) groups is 1. The van der Waals surface area contributed by atoms with E-state index in [1.807, 2.05) is 19.1 Å². The van der Waals surface area contributed by atoms with Crippen molar-refractivity contribution < 1.29 is 9.18 Å². The molecule has 0 bridgehead atoms. The first-order valence-electron chi connectivity index (χ1n) is 6.26. The number of hydrogen-bond donors (Lipinski definition) is 0. The minimum absolute atomic E-state index is 0.0183. The van der Waals surface area contributed by atoms with Crippen molar-refractivity contribution in [1.82, 2.24) is 9.88 Å². The van der Waals surface area contributed by atoms with Crippen molar-refractivity contribution in [2.24, 2.45) is 0 Å². The van der Waals surface area contributed by atoms with E-state index >= 15 is 0 Å². The molecule has 0 fully saturated rings. The fourth-order valence-electron chi connectivity index (χ4n) is 1.85. The Morgan fingerprint density at radius 2 is 2.15 bits per heavy atom. The molecule has 0 radical (unpaired) electrons. The lowest BCUT2D eigenvalue weighted by Crippen LogP contribution is -2.31. The van der Waals surface area contributed by atoms with E-state index in [0.29, 0.717) is 18.1 Å². The van der Waals surface area contributed by atoms with Crippen molar-refractivity contribution in [3.8, 4) is 0 Å². The Balaban J connectivity index is 2.23. The van der Waals surface area contributed by atoms with E-state index in [0.717, 1.165) is 5.69 Å². The number of hydrogen-bond acceptors (Lipinski definition) is 2. The van der Waals surface area contributed by atoms with E-state index in [1.54, 1.807) is 12.3 Å². The van der Waals surface area contributed by atoms with Gasteiger partial charge in [0.15, 0.2) is 0 Å². The predicted molar refractivity (Wildman–Crippen MR) is 76.1 cm³/mol. The number of nitrogens with zero attached hydrogens (tertiary/aromatic N) is 2. The Hall–Kier alpha value is -1.94. The van der Waals surface area contributed by atoms with Crippen LogP contribution in [0.5, 0.6) is 0 Å². The summed E-state index contributed by atoms with van der Waals surface area (Å²) in [6.45, 7) is 2.63. The van der Waals surface area contributed by atoms with E-state index in [1.165, 1.54) is 23.1 Å². The van der Waals surface area contributed by atoms with Gasteiger partial charge in [-0.2, -0.15) is 0 Å². The molecule has 1 aromatic heterocycles. The minimum Gasteiger partial charge on any atom is -0.333 e. The van der Waals surface area contributed by atoms with Crippen LogP contribution in [0.25, 0.3) is 0 Å². The number of rotatable bonds is 4. The summed E-state index contributed by atoms with van der Waals surface area (Å²) in [6, 6.07) is 9.44. The summed E-state index contributed by atoms with van der Waals surface area (Å²) in [5.41, 5.74) is 0.736. The van der Waals surface area contributed by atoms with Crippen LogP contribution in [0.15, 0.2) is 42.6 Å². The maximum Gasteiger partial charge on any atom is 0.257 e. The van der Waals surface area contributed by atoms with Crippen molar-refractivity contribution in [1.29, 1.82) is 0 Å². The first kappa shape index (κ1) is 14.5. The lowest BCUT2D eigenvalue weighted by atomic mass is 10.1. The standard InChI is InChI=1S/C15H14ClFN2O/c1-2-19(10-12-5-3-4-8-18-12)15(20)13-9-11(16)6-7-14(13)17/h3-9H,2,10H2,1H3. The molecule has 2 aromatic rings. The summed E-state index contributed by atoms with van der Waals surface area (Å²) >= 11 is 5.82. The Kier molecular flexibility index (Phi) is 4.69. The number of benzene rings is 1. The highest BCUT2D eigenvalue weighted by Gasteiger charge is 2.19. The number of pyridine rings is 1. The van der Waals surface area contributed by atoms with Crippen LogP contribution < -0.4 is 0 Å². The molecular weight excluding hydrogens is 279 g/mol. The van der Waals surface area contributed by atoms with Gasteiger partial charge in [0.05, 0.1) is 17.8 Å². The Bertz CT molecular complexity index is 604. The van der Waals surface area contributed by atoms with E-state index in [4.69, 9.17) is 11.6 Å². The van der Waals surface area contributed by atoms with Crippen LogP contribution >= 0.6 is 11.6 Å². The Morgan fingerprint density at radius 1 is 1.35 bits per heavy atom. The van der Waals surface area contributed by atoms with Crippen molar-refractivity contribution >= 4 is 17.5 Å². The van der Waals surface area contributed by atoms with Gasteiger partial charge >= 0.3 is 0 Å². The second kappa shape index (κ2) is 6.48. The number of amides is 1. The van der Waals surface area contributed by atoms with E-state index < -0.39 is 11.7 Å². The maximum atomic E-state index is 13.7. The zero-order valence-electron chi connectivity index (χ0n) is 11.0. The molecule has 1 amide bonds. The van der Waals surface area contributed by atoms with Gasteiger partial charge in [-0.3, -0.25) is 9.78 Å². The third-order valence-corrected chi connectivity index (χ3v) is 3.14. The van der Waals surface area contributed by atoms with Crippen molar-refractivity contribution in [3.63, 3.8) is 0 Å². The van der Waals surface area contributed by atoms with Crippen LogP contribution in [-0.4, -0.2) is 22.3 Å². The van der Waals surface area contributed by atoms with Gasteiger partial charge in [0.1, 0.15) is 5.82 Å². The minimum atomic E-state index is -0.570. The third-order valence-electron chi connectivity index (χ3n) is 2.91. The average Bonchev–Trinajstić information content (AvgIpc) is 2.47. The SMILES string of the molecule is CCN(Cc1ccccn1)C(=O)c1cc(Cl)ccc1F. The first-order valence-corrected chi connectivity index (χ1v) is 6.64. The van der Waals surface area contributed by atoms with Crippen LogP contribution in [0.1, 0.15) is 23.0 Å². The van der Waals surface area contributed by atoms with Gasteiger partial charge in [0.25, 0.3) is 5.91 Å². The quantitative estimate of drug-likeness (QED) is 0.863. The van der Waals surface area contributed by atoms with Gasteiger partial charge in [0, 0.05) is 17.8 Å². The molecule has 0 saturated carbocycles. The molecule has 3 nitrogen and oxygen atoms in total. The zero-order valence-corrected chi connectivity index (χ0v) is 11.8. The number of aromatic nitrogens is 1. The van der Waals surface area contributed by atoms with Crippen LogP contribution in [0.2, 0.25) is 5.02 Å². The summed E-state index contributed by atoms with van der Waals surface area (Å²) in [5, 5.41) is 0.337. The summed E-state index contributed by atoms with van der Waals surface area (Å²) in [6.07, 6.45) is 1.66. The lowest BCUT2D eigenvalue weighted by Gasteiger charge is -2.20. The molecule has 2 rings (SSSR count). The molecule has 0 spiro atoms. The van der Waals surface area contributed by atoms with Crippen molar-refractivity contribution in [2.75, 3.05) is 6.54 Å². The fourth-order valence-corrected chi connectivity index (χ4v) is 2.02. The van der Waals surface area contributed by atoms with E-state index in [9.17, 15) is 9.18 Å². The van der Waals surface area contributed by atoms with Crippen LogP contribution in [0, 0.1) is 5.82 Å². The van der Waals surface area contributed by atoms with Crippen molar-refractivity contribution in [3.05, 3.63) is 64.7 Å². The molecule has 5 heteroatoms. The van der Waals surface area contributed by atoms with E-state index in [-0.39, 0.29) is 5.56 Å². The molecule has 104 valence electrons. The molecule has 0 N–H and O–H groups in total. The smallest absolute Gasteiger partial charge is 0.257 e. The third kappa shape index (κ3) is 3.33. The molecule has 1 heterocycles. The largest absolute Gasteiger partial charge is 0.333 e. The molecular formula is C15H14ClFN2O. The second-order valence-electron chi connectivity index (χ2n) is 4.26. The highest BCUT2D eigenvalue weighted by Crippen LogP contribution is 2.17. The van der Waals surface area contributed by atoms with Crippen molar-refractivity contribution in [2.45, 2.75) is 13.5 Å². The molecule has 1 aromatic carbocycles. The topological polar surface area (TPSA) is 33.2 Å². The van der Waals surface area contributed by atoms with Gasteiger partial charge in [-0.15, -0.1) is 0 Å². The number of halogens is 2. The predicted octanol–water partition coefficient (Wildman–Crippen LogP) is 3.54. The highest BCUT2D eigenvalue weighted by atomic mass is 35.5. The molecule has 0 aliphatic heterocycles.